The number of halogens is 1. The molecule has 1 aliphatic carbocycles. The zero-order valence-corrected chi connectivity index (χ0v) is 17.3. The fraction of sp³-hybridized carbons (Fsp3) is 0.500. The highest BCUT2D eigenvalue weighted by molar-refractivity contribution is 5.85. The van der Waals surface area contributed by atoms with Gasteiger partial charge >= 0.3 is 0 Å². The Morgan fingerprint density at radius 3 is 2.67 bits per heavy atom. The van der Waals surface area contributed by atoms with Crippen LogP contribution in [0.15, 0.2) is 48.5 Å². The second-order valence-electron chi connectivity index (χ2n) is 8.07. The Morgan fingerprint density at radius 1 is 1.00 bits per heavy atom. The Bertz CT molecular complexity index is 732. The molecule has 1 aliphatic heterocycles. The van der Waals surface area contributed by atoms with E-state index < -0.39 is 0 Å². The maximum Gasteiger partial charge on any atom is 0.119 e. The summed E-state index contributed by atoms with van der Waals surface area (Å²) in [6, 6.07) is 17.6. The topological polar surface area (TPSA) is 12.5 Å². The molecule has 2 aromatic rings. The maximum atomic E-state index is 5.42. The monoisotopic (exact) mass is 385 g/mol. The molecule has 1 fully saturated rings. The maximum absolute atomic E-state index is 5.42. The number of piperidine rings is 1. The summed E-state index contributed by atoms with van der Waals surface area (Å²) in [5.74, 6) is 1.00. The largest absolute Gasteiger partial charge is 0.497 e. The van der Waals surface area contributed by atoms with Gasteiger partial charge in [0.15, 0.2) is 0 Å². The van der Waals surface area contributed by atoms with Gasteiger partial charge in [-0.15, -0.1) is 12.4 Å². The third-order valence-corrected chi connectivity index (χ3v) is 6.52. The predicted octanol–water partition coefficient (Wildman–Crippen LogP) is 5.46. The molecule has 3 heteroatoms. The van der Waals surface area contributed by atoms with Gasteiger partial charge in [-0.25, -0.2) is 0 Å². The molecule has 2 aliphatic rings. The van der Waals surface area contributed by atoms with Crippen LogP contribution in [-0.4, -0.2) is 30.6 Å². The van der Waals surface area contributed by atoms with E-state index in [2.05, 4.69) is 53.4 Å². The summed E-state index contributed by atoms with van der Waals surface area (Å²) in [6.07, 6.45) is 10.3. The first-order valence-electron chi connectivity index (χ1n) is 10.2. The predicted molar refractivity (Wildman–Crippen MR) is 115 cm³/mol. The zero-order chi connectivity index (χ0) is 17.8. The molecule has 1 saturated heterocycles. The molecule has 2 aromatic carbocycles. The van der Waals surface area contributed by atoms with Crippen LogP contribution in [-0.2, 0) is 19.3 Å². The second-order valence-corrected chi connectivity index (χ2v) is 8.07. The van der Waals surface area contributed by atoms with Crippen LogP contribution in [0.3, 0.4) is 0 Å². The SMILES string of the molecule is COc1ccc2c(c1)CCC1(CCCCN1CCCc1ccccc1)C2.Cl. The van der Waals surface area contributed by atoms with E-state index in [1.807, 2.05) is 0 Å². The van der Waals surface area contributed by atoms with Crippen molar-refractivity contribution in [3.63, 3.8) is 0 Å². The first kappa shape index (κ1) is 20.2. The molecular formula is C24H32ClNO. The average molecular weight is 386 g/mol. The molecule has 4 rings (SSSR count). The van der Waals surface area contributed by atoms with Crippen molar-refractivity contribution in [1.29, 1.82) is 0 Å². The molecule has 0 aromatic heterocycles. The van der Waals surface area contributed by atoms with Gasteiger partial charge in [0.1, 0.15) is 5.75 Å². The summed E-state index contributed by atoms with van der Waals surface area (Å²) < 4.78 is 5.42. The Morgan fingerprint density at radius 2 is 1.85 bits per heavy atom. The first-order valence-corrected chi connectivity index (χ1v) is 10.2. The molecule has 0 N–H and O–H groups in total. The molecule has 0 radical (unpaired) electrons. The quantitative estimate of drug-likeness (QED) is 0.677. The van der Waals surface area contributed by atoms with E-state index >= 15 is 0 Å². The molecule has 1 unspecified atom stereocenters. The third kappa shape index (κ3) is 4.50. The highest BCUT2D eigenvalue weighted by Gasteiger charge is 2.40. The van der Waals surface area contributed by atoms with Crippen molar-refractivity contribution in [3.8, 4) is 5.75 Å². The van der Waals surface area contributed by atoms with Crippen molar-refractivity contribution in [2.45, 2.75) is 56.9 Å². The molecule has 2 nitrogen and oxygen atoms in total. The number of likely N-dealkylation sites (tertiary alicyclic amines) is 1. The minimum atomic E-state index is 0. The summed E-state index contributed by atoms with van der Waals surface area (Å²) >= 11 is 0. The third-order valence-electron chi connectivity index (χ3n) is 6.52. The summed E-state index contributed by atoms with van der Waals surface area (Å²) in [5.41, 5.74) is 4.92. The van der Waals surface area contributed by atoms with E-state index in [1.165, 1.54) is 75.6 Å². The number of hydrogen-bond donors (Lipinski definition) is 0. The normalized spacial score (nSPS) is 22.1. The molecule has 0 amide bonds. The van der Waals surface area contributed by atoms with E-state index in [1.54, 1.807) is 12.7 Å². The van der Waals surface area contributed by atoms with Crippen molar-refractivity contribution < 1.29 is 4.74 Å². The van der Waals surface area contributed by atoms with Crippen molar-refractivity contribution >= 4 is 12.4 Å². The van der Waals surface area contributed by atoms with Crippen molar-refractivity contribution in [3.05, 3.63) is 65.2 Å². The lowest BCUT2D eigenvalue weighted by molar-refractivity contribution is 0.0330. The van der Waals surface area contributed by atoms with Gasteiger partial charge < -0.3 is 4.74 Å². The highest BCUT2D eigenvalue weighted by Crippen LogP contribution is 2.40. The van der Waals surface area contributed by atoms with E-state index in [9.17, 15) is 0 Å². The second kappa shape index (κ2) is 9.12. The van der Waals surface area contributed by atoms with Gasteiger partial charge in [0.2, 0.25) is 0 Å². The van der Waals surface area contributed by atoms with Gasteiger partial charge in [0.25, 0.3) is 0 Å². The van der Waals surface area contributed by atoms with Crippen molar-refractivity contribution in [2.24, 2.45) is 0 Å². The molecule has 0 saturated carbocycles. The molecule has 1 atom stereocenters. The number of rotatable bonds is 5. The van der Waals surface area contributed by atoms with Crippen LogP contribution >= 0.6 is 12.4 Å². The first-order chi connectivity index (χ1) is 12.8. The van der Waals surface area contributed by atoms with Crippen LogP contribution in [0, 0.1) is 0 Å². The Labute approximate surface area is 170 Å². The van der Waals surface area contributed by atoms with Gasteiger partial charge in [-0.2, -0.15) is 0 Å². The average Bonchev–Trinajstić information content (AvgIpc) is 2.70. The number of hydrogen-bond acceptors (Lipinski definition) is 2. The molecule has 1 spiro atoms. The zero-order valence-electron chi connectivity index (χ0n) is 16.5. The van der Waals surface area contributed by atoms with E-state index in [0.717, 1.165) is 5.75 Å². The Hall–Kier alpha value is -1.51. The van der Waals surface area contributed by atoms with Crippen LogP contribution in [0.4, 0.5) is 0 Å². The highest BCUT2D eigenvalue weighted by atomic mass is 35.5. The van der Waals surface area contributed by atoms with Crippen LogP contribution in [0.5, 0.6) is 5.75 Å². The minimum absolute atomic E-state index is 0. The van der Waals surface area contributed by atoms with E-state index in [0.29, 0.717) is 5.54 Å². The van der Waals surface area contributed by atoms with Gasteiger partial charge in [-0.1, -0.05) is 42.8 Å². The van der Waals surface area contributed by atoms with E-state index in [-0.39, 0.29) is 12.4 Å². The lowest BCUT2D eigenvalue weighted by atomic mass is 9.72. The fourth-order valence-corrected chi connectivity index (χ4v) is 5.05. The fourth-order valence-electron chi connectivity index (χ4n) is 5.05. The Balaban J connectivity index is 0.00000210. The van der Waals surface area contributed by atoms with Gasteiger partial charge in [-0.3, -0.25) is 4.90 Å². The van der Waals surface area contributed by atoms with Crippen LogP contribution in [0.25, 0.3) is 0 Å². The molecule has 146 valence electrons. The standard InChI is InChI=1S/C24H31NO.ClH/c1-26-23-12-11-22-19-24(15-13-21(22)18-23)14-5-6-16-25(24)17-7-10-20-8-3-2-4-9-20;/h2-4,8-9,11-12,18H,5-7,10,13-17,19H2,1H3;1H. The van der Waals surface area contributed by atoms with Gasteiger partial charge in [0, 0.05) is 5.54 Å². The lowest BCUT2D eigenvalue weighted by Gasteiger charge is -2.50. The number of methoxy groups -OCH3 is 1. The van der Waals surface area contributed by atoms with Crippen LogP contribution in [0.1, 0.15) is 48.8 Å². The van der Waals surface area contributed by atoms with Crippen LogP contribution in [0.2, 0.25) is 0 Å². The van der Waals surface area contributed by atoms with Crippen LogP contribution < -0.4 is 4.74 Å². The van der Waals surface area contributed by atoms with Gasteiger partial charge in [0.05, 0.1) is 7.11 Å². The summed E-state index contributed by atoms with van der Waals surface area (Å²) in [6.45, 7) is 2.51. The molecule has 1 heterocycles. The summed E-state index contributed by atoms with van der Waals surface area (Å²) in [7, 11) is 1.77. The van der Waals surface area contributed by atoms with Crippen molar-refractivity contribution in [2.75, 3.05) is 20.2 Å². The summed E-state index contributed by atoms with van der Waals surface area (Å²) in [5, 5.41) is 0. The number of benzene rings is 2. The minimum Gasteiger partial charge on any atom is -0.497 e. The summed E-state index contributed by atoms with van der Waals surface area (Å²) in [4.78, 5) is 2.84. The van der Waals surface area contributed by atoms with E-state index in [4.69, 9.17) is 4.74 Å². The number of aryl methyl sites for hydroxylation is 2. The number of nitrogens with zero attached hydrogens (tertiary/aromatic N) is 1. The molecule has 0 bridgehead atoms. The van der Waals surface area contributed by atoms with Crippen molar-refractivity contribution in [1.82, 2.24) is 4.90 Å². The molecule has 27 heavy (non-hydrogen) atoms. The lowest BCUT2D eigenvalue weighted by Crippen LogP contribution is -2.55. The van der Waals surface area contributed by atoms with Gasteiger partial charge in [-0.05, 0) is 86.9 Å². The number of fused-ring (bicyclic) bond motifs is 1. The molecular weight excluding hydrogens is 354 g/mol. The Kier molecular flexibility index (Phi) is 6.83. The smallest absolute Gasteiger partial charge is 0.119 e. The number of ether oxygens (including phenoxy) is 1.